The zero-order chi connectivity index (χ0) is 20.5. The minimum Gasteiger partial charge on any atom is -1.00 e. The first-order valence-electron chi connectivity index (χ1n) is 11.4. The number of rotatable bonds is 17. The second kappa shape index (κ2) is 18.7. The lowest BCUT2D eigenvalue weighted by molar-refractivity contribution is -0.703. The molecule has 0 aliphatic heterocycles. The van der Waals surface area contributed by atoms with Gasteiger partial charge in [0.2, 0.25) is 0 Å². The Kier molecular flexibility index (Phi) is 17.8. The molecule has 0 amide bonds. The molecule has 1 heterocycles. The van der Waals surface area contributed by atoms with Gasteiger partial charge in [-0.3, -0.25) is 0 Å². The van der Waals surface area contributed by atoms with Crippen molar-refractivity contribution < 1.29 is 26.5 Å². The Balaban J connectivity index is 0.00000784. The molecule has 1 rings (SSSR count). The fourth-order valence-electron chi connectivity index (χ4n) is 3.44. The van der Waals surface area contributed by atoms with Gasteiger partial charge in [0.05, 0.1) is 0 Å². The van der Waals surface area contributed by atoms with Crippen molar-refractivity contribution in [1.82, 2.24) is 0 Å². The van der Waals surface area contributed by atoms with Crippen molar-refractivity contribution in [1.29, 1.82) is 0 Å². The minimum atomic E-state index is -0.277. The molecule has 1 aromatic rings. The van der Waals surface area contributed by atoms with E-state index in [4.69, 9.17) is 4.74 Å². The van der Waals surface area contributed by atoms with Gasteiger partial charge >= 0.3 is 5.97 Å². The molecule has 0 bridgehead atoms. The molecule has 29 heavy (non-hydrogen) atoms. The van der Waals surface area contributed by atoms with Crippen molar-refractivity contribution in [2.24, 2.45) is 0 Å². The van der Waals surface area contributed by atoms with Gasteiger partial charge in [-0.1, -0.05) is 90.2 Å². The van der Waals surface area contributed by atoms with Crippen LogP contribution in [0.2, 0.25) is 0 Å². The zero-order valence-electron chi connectivity index (χ0n) is 18.7. The van der Waals surface area contributed by atoms with Crippen LogP contribution in [0.4, 0.5) is 0 Å². The highest BCUT2D eigenvalue weighted by Crippen LogP contribution is 2.14. The van der Waals surface area contributed by atoms with E-state index in [2.05, 4.69) is 18.1 Å². The fraction of sp³-hybridized carbons (Fsp3) is 0.680. The Morgan fingerprint density at radius 2 is 1.34 bits per heavy atom. The maximum Gasteiger partial charge on any atom is 0.333 e. The predicted octanol–water partition coefficient (Wildman–Crippen LogP) is 3.56. The predicted molar refractivity (Wildman–Crippen MR) is 117 cm³/mol. The van der Waals surface area contributed by atoms with Crippen LogP contribution in [-0.4, -0.2) is 12.1 Å². The maximum atomic E-state index is 11.9. The number of hydrogen-bond donors (Lipinski definition) is 0. The Morgan fingerprint density at radius 3 is 1.83 bits per heavy atom. The van der Waals surface area contributed by atoms with Crippen LogP contribution in [-0.2, 0) is 16.1 Å². The van der Waals surface area contributed by atoms with Crippen LogP contribution in [0, 0.1) is 0 Å². The molecule has 0 fully saturated rings. The first-order valence-corrected chi connectivity index (χ1v) is 11.4. The number of hydrogen-bond acceptors (Lipinski definition) is 2. The number of carbonyl (C=O) groups excluding carboxylic acids is 1. The summed E-state index contributed by atoms with van der Waals surface area (Å²) < 4.78 is 7.74. The highest BCUT2D eigenvalue weighted by atomic mass is 35.5. The lowest BCUT2D eigenvalue weighted by Gasteiger charge is -2.15. The molecule has 0 saturated heterocycles. The van der Waals surface area contributed by atoms with Crippen molar-refractivity contribution in [3.05, 3.63) is 42.7 Å². The van der Waals surface area contributed by atoms with E-state index in [0.29, 0.717) is 12.1 Å². The van der Waals surface area contributed by atoms with E-state index < -0.39 is 0 Å². The smallest absolute Gasteiger partial charge is 0.333 e. The molecule has 0 aromatic carbocycles. The van der Waals surface area contributed by atoms with Gasteiger partial charge in [-0.15, -0.1) is 0 Å². The molecule has 4 heteroatoms. The molecule has 0 N–H and O–H groups in total. The molecule has 0 saturated carbocycles. The first-order chi connectivity index (χ1) is 13.6. The van der Waals surface area contributed by atoms with Crippen molar-refractivity contribution in [3.63, 3.8) is 0 Å². The summed E-state index contributed by atoms with van der Waals surface area (Å²) in [4.78, 5) is 11.9. The van der Waals surface area contributed by atoms with Crippen LogP contribution in [0.1, 0.15) is 97.3 Å². The minimum absolute atomic E-state index is 0. The number of carbonyl (C=O) groups is 1. The van der Waals surface area contributed by atoms with Gasteiger partial charge in [-0.2, -0.15) is 0 Å². The zero-order valence-corrected chi connectivity index (χ0v) is 19.5. The summed E-state index contributed by atoms with van der Waals surface area (Å²) in [6.45, 7) is 8.38. The molecule has 1 aromatic heterocycles. The number of nitrogens with zero attached hydrogens (tertiary/aromatic N) is 1. The summed E-state index contributed by atoms with van der Waals surface area (Å²) >= 11 is 0. The fourth-order valence-corrected chi connectivity index (χ4v) is 3.44. The third-order valence-corrected chi connectivity index (χ3v) is 5.19. The normalized spacial score (nSPS) is 11.5. The first kappa shape index (κ1) is 27.6. The van der Waals surface area contributed by atoms with E-state index >= 15 is 0 Å². The van der Waals surface area contributed by atoms with E-state index in [1.165, 1.54) is 70.6 Å². The number of ether oxygens (including phenoxy) is 1. The third kappa shape index (κ3) is 15.2. The van der Waals surface area contributed by atoms with E-state index in [0.717, 1.165) is 12.8 Å². The average Bonchev–Trinajstić information content (AvgIpc) is 2.69. The lowest BCUT2D eigenvalue weighted by atomic mass is 10.0. The molecule has 1 atom stereocenters. The number of unbranched alkanes of at least 4 members (excludes halogenated alkanes) is 11. The van der Waals surface area contributed by atoms with Crippen LogP contribution >= 0.6 is 0 Å². The van der Waals surface area contributed by atoms with Gasteiger partial charge in [0, 0.05) is 17.7 Å². The summed E-state index contributed by atoms with van der Waals surface area (Å²) in [7, 11) is 0. The van der Waals surface area contributed by atoms with Gasteiger partial charge in [0.1, 0.15) is 0 Å². The second-order valence-electron chi connectivity index (χ2n) is 8.06. The number of halogens is 1. The molecule has 166 valence electrons. The van der Waals surface area contributed by atoms with Crippen LogP contribution in [0.5, 0.6) is 0 Å². The SMILES string of the molecule is C=C(C)C(=O)O[C@@H](CCCCCCCCCCCCCC)C[n+]1ccccc1.[Cl-]. The van der Waals surface area contributed by atoms with Gasteiger partial charge in [-0.25, -0.2) is 9.36 Å². The van der Waals surface area contributed by atoms with Gasteiger partial charge in [0.25, 0.3) is 0 Å². The van der Waals surface area contributed by atoms with E-state index in [9.17, 15) is 4.79 Å². The highest BCUT2D eigenvalue weighted by molar-refractivity contribution is 5.87. The van der Waals surface area contributed by atoms with Crippen molar-refractivity contribution in [3.8, 4) is 0 Å². The lowest BCUT2D eigenvalue weighted by Crippen LogP contribution is -3.00. The highest BCUT2D eigenvalue weighted by Gasteiger charge is 2.19. The van der Waals surface area contributed by atoms with Crippen LogP contribution in [0.15, 0.2) is 42.7 Å². The quantitative estimate of drug-likeness (QED) is 0.166. The summed E-state index contributed by atoms with van der Waals surface area (Å²) in [5.41, 5.74) is 0.470. The van der Waals surface area contributed by atoms with Crippen LogP contribution in [0.3, 0.4) is 0 Å². The molecule has 0 spiro atoms. The summed E-state index contributed by atoms with van der Waals surface area (Å²) in [5, 5.41) is 0. The number of aromatic nitrogens is 1. The van der Waals surface area contributed by atoms with Gasteiger partial charge in [0.15, 0.2) is 25.0 Å². The van der Waals surface area contributed by atoms with Crippen LogP contribution < -0.4 is 17.0 Å². The summed E-state index contributed by atoms with van der Waals surface area (Å²) in [6.07, 6.45) is 20.9. The molecule has 0 aliphatic carbocycles. The molecule has 0 aliphatic rings. The Hall–Kier alpha value is -1.35. The Morgan fingerprint density at radius 1 is 0.862 bits per heavy atom. The van der Waals surface area contributed by atoms with Crippen molar-refractivity contribution >= 4 is 5.97 Å². The van der Waals surface area contributed by atoms with Crippen molar-refractivity contribution in [2.45, 2.75) is 110 Å². The molecule has 0 radical (unpaired) electrons. The molecule has 3 nitrogen and oxygen atoms in total. The largest absolute Gasteiger partial charge is 1.00 e. The summed E-state index contributed by atoms with van der Waals surface area (Å²) in [5.74, 6) is -0.277. The van der Waals surface area contributed by atoms with Gasteiger partial charge < -0.3 is 17.1 Å². The molecular weight excluding hydrogens is 382 g/mol. The second-order valence-corrected chi connectivity index (χ2v) is 8.06. The van der Waals surface area contributed by atoms with E-state index in [-0.39, 0.29) is 24.5 Å². The standard InChI is InChI=1S/C25H42NO2.ClH/c1-4-5-6-7-8-9-10-11-12-13-14-16-19-24(28-25(27)23(2)3)22-26-20-17-15-18-21-26;/h15,17-18,20-21,24H,2,4-14,16,19,22H2,1,3H3;1H/q+1;/p-1/t24-;/m0./s1. The van der Waals surface area contributed by atoms with E-state index in [1.54, 1.807) is 6.92 Å². The van der Waals surface area contributed by atoms with Crippen LogP contribution in [0.25, 0.3) is 0 Å². The van der Waals surface area contributed by atoms with Crippen molar-refractivity contribution in [2.75, 3.05) is 0 Å². The average molecular weight is 424 g/mol. The third-order valence-electron chi connectivity index (χ3n) is 5.19. The molecular formula is C25H42ClNO2. The topological polar surface area (TPSA) is 30.2 Å². The Bertz CT molecular complexity index is 533. The monoisotopic (exact) mass is 423 g/mol. The molecule has 0 unspecified atom stereocenters. The number of esters is 1. The Labute approximate surface area is 185 Å². The van der Waals surface area contributed by atoms with Gasteiger partial charge in [-0.05, 0) is 19.8 Å². The van der Waals surface area contributed by atoms with E-state index in [1.807, 2.05) is 30.6 Å². The maximum absolute atomic E-state index is 11.9. The number of pyridine rings is 1. The summed E-state index contributed by atoms with van der Waals surface area (Å²) in [6, 6.07) is 6.00.